The number of hydrogen-bond acceptors (Lipinski definition) is 2. The molecule has 0 saturated carbocycles. The van der Waals surface area contributed by atoms with E-state index in [9.17, 15) is 0 Å². The molecule has 0 saturated heterocycles. The number of ether oxygens (including phenoxy) is 2. The van der Waals surface area contributed by atoms with Crippen LogP contribution in [0.4, 0.5) is 0 Å². The monoisotopic (exact) mass is 740 g/mol. The molecular weight excluding hydrogens is 676 g/mol. The Balaban J connectivity index is 0.00000924. The van der Waals surface area contributed by atoms with Gasteiger partial charge in [0.25, 0.3) is 0 Å². The van der Waals surface area contributed by atoms with E-state index < -0.39 is 0 Å². The van der Waals surface area contributed by atoms with Gasteiger partial charge in [-0.2, -0.15) is 0 Å². The van der Waals surface area contributed by atoms with Gasteiger partial charge in [0.15, 0.2) is 24.8 Å². The van der Waals surface area contributed by atoms with Crippen molar-refractivity contribution in [3.63, 3.8) is 0 Å². The van der Waals surface area contributed by atoms with E-state index in [-0.39, 0.29) is 34.0 Å². The fourth-order valence-electron chi connectivity index (χ4n) is 5.47. The van der Waals surface area contributed by atoms with Crippen molar-refractivity contribution in [1.82, 2.24) is 0 Å². The summed E-state index contributed by atoms with van der Waals surface area (Å²) in [5, 5.41) is 0. The highest BCUT2D eigenvalue weighted by Crippen LogP contribution is 2.10. The zero-order valence-electron chi connectivity index (χ0n) is 28.5. The standard InChI is InChI=1S/C38H66N2O2.2BrH/c1-3-5-7-9-11-13-15-19-27-39-29-23-37(24-30-39)35-41-33-21-17-18-22-34-42-36-38-25-31-40(32-26-38)28-20-16-14-12-10-8-6-4-2;;/h23-26,29-32H,3-22,27-28,33-36H2,1-2H3;2*1H/q+2;;/p-2. The van der Waals surface area contributed by atoms with Gasteiger partial charge in [-0.05, 0) is 36.8 Å². The molecule has 0 atom stereocenters. The molecule has 2 rings (SSSR count). The van der Waals surface area contributed by atoms with Crippen molar-refractivity contribution in [2.75, 3.05) is 13.2 Å². The summed E-state index contributed by atoms with van der Waals surface area (Å²) in [6, 6.07) is 8.86. The Bertz CT molecular complexity index is 777. The normalized spacial score (nSPS) is 10.9. The van der Waals surface area contributed by atoms with Gasteiger partial charge in [-0.15, -0.1) is 0 Å². The Labute approximate surface area is 293 Å². The van der Waals surface area contributed by atoms with Crippen molar-refractivity contribution >= 4 is 0 Å². The van der Waals surface area contributed by atoms with Gasteiger partial charge in [-0.3, -0.25) is 0 Å². The minimum atomic E-state index is 0. The smallest absolute Gasteiger partial charge is 0.169 e. The van der Waals surface area contributed by atoms with Crippen LogP contribution in [0.3, 0.4) is 0 Å². The molecular formula is C38H66Br2N2O2. The average molecular weight is 743 g/mol. The van der Waals surface area contributed by atoms with E-state index in [1.807, 2.05) is 0 Å². The van der Waals surface area contributed by atoms with E-state index >= 15 is 0 Å². The van der Waals surface area contributed by atoms with Crippen LogP contribution in [0.5, 0.6) is 0 Å². The number of hydrogen-bond donors (Lipinski definition) is 0. The molecule has 0 N–H and O–H groups in total. The van der Waals surface area contributed by atoms with Crippen molar-refractivity contribution in [3.05, 3.63) is 60.2 Å². The summed E-state index contributed by atoms with van der Waals surface area (Å²) < 4.78 is 16.5. The van der Waals surface area contributed by atoms with Crippen LogP contribution in [0.25, 0.3) is 0 Å². The molecule has 0 aliphatic rings. The zero-order chi connectivity index (χ0) is 29.8. The number of halogens is 2. The second kappa shape index (κ2) is 32.1. The Kier molecular flexibility index (Phi) is 31.5. The molecule has 2 aromatic rings. The molecule has 4 nitrogen and oxygen atoms in total. The molecule has 2 heterocycles. The molecule has 6 heteroatoms. The quantitative estimate of drug-likeness (QED) is 0.0937. The zero-order valence-corrected chi connectivity index (χ0v) is 31.6. The summed E-state index contributed by atoms with van der Waals surface area (Å²) in [5.74, 6) is 0. The van der Waals surface area contributed by atoms with Crippen LogP contribution in [0.1, 0.15) is 153 Å². The summed E-state index contributed by atoms with van der Waals surface area (Å²) in [4.78, 5) is 0. The van der Waals surface area contributed by atoms with E-state index in [2.05, 4.69) is 72.0 Å². The molecule has 0 bridgehead atoms. The minimum absolute atomic E-state index is 0. The topological polar surface area (TPSA) is 26.2 Å². The second-order valence-electron chi connectivity index (χ2n) is 12.4. The lowest BCUT2D eigenvalue weighted by molar-refractivity contribution is -0.697. The Morgan fingerprint density at radius 3 is 1.05 bits per heavy atom. The fourth-order valence-corrected chi connectivity index (χ4v) is 5.47. The summed E-state index contributed by atoms with van der Waals surface area (Å²) in [7, 11) is 0. The Morgan fingerprint density at radius 2 is 0.705 bits per heavy atom. The number of rotatable bonds is 29. The summed E-state index contributed by atoms with van der Waals surface area (Å²) in [6.07, 6.45) is 35.5. The molecule has 0 aliphatic carbocycles. The van der Waals surface area contributed by atoms with Crippen molar-refractivity contribution in [3.8, 4) is 0 Å². The average Bonchev–Trinajstić information content (AvgIpc) is 3.02. The third kappa shape index (κ3) is 24.4. The lowest BCUT2D eigenvalue weighted by Gasteiger charge is -2.06. The maximum absolute atomic E-state index is 5.92. The molecule has 0 fully saturated rings. The van der Waals surface area contributed by atoms with Crippen LogP contribution in [-0.4, -0.2) is 13.2 Å². The Morgan fingerprint density at radius 1 is 0.409 bits per heavy atom. The van der Waals surface area contributed by atoms with Gasteiger partial charge in [-0.25, -0.2) is 9.13 Å². The van der Waals surface area contributed by atoms with Crippen molar-refractivity contribution in [2.45, 2.75) is 169 Å². The van der Waals surface area contributed by atoms with Crippen LogP contribution in [-0.2, 0) is 35.8 Å². The first-order chi connectivity index (χ1) is 20.8. The third-order valence-corrected chi connectivity index (χ3v) is 8.32. The van der Waals surface area contributed by atoms with E-state index in [0.717, 1.165) is 52.4 Å². The van der Waals surface area contributed by atoms with E-state index in [1.165, 1.54) is 127 Å². The number of aryl methyl sites for hydroxylation is 2. The maximum atomic E-state index is 5.92. The van der Waals surface area contributed by atoms with Gasteiger partial charge in [-0.1, -0.05) is 104 Å². The minimum Gasteiger partial charge on any atom is -1.00 e. The van der Waals surface area contributed by atoms with Crippen LogP contribution in [0.2, 0.25) is 0 Å². The first-order valence-electron chi connectivity index (χ1n) is 17.9. The van der Waals surface area contributed by atoms with E-state index in [4.69, 9.17) is 9.47 Å². The molecule has 2 aromatic heterocycles. The molecule has 0 aliphatic heterocycles. The van der Waals surface area contributed by atoms with Gasteiger partial charge < -0.3 is 43.4 Å². The molecule has 44 heavy (non-hydrogen) atoms. The summed E-state index contributed by atoms with van der Waals surface area (Å²) in [6.45, 7) is 9.96. The second-order valence-corrected chi connectivity index (χ2v) is 12.4. The van der Waals surface area contributed by atoms with Crippen molar-refractivity contribution < 1.29 is 52.6 Å². The molecule has 254 valence electrons. The SMILES string of the molecule is CCCCCCCCCC[n+]1ccc(COCCCCCCOCc2cc[n+](CCCCCCCCCC)cc2)cc1.[Br-].[Br-]. The number of nitrogens with zero attached hydrogens (tertiary/aromatic N) is 2. The first-order valence-corrected chi connectivity index (χ1v) is 17.9. The third-order valence-electron chi connectivity index (χ3n) is 8.32. The van der Waals surface area contributed by atoms with Gasteiger partial charge in [0, 0.05) is 50.3 Å². The van der Waals surface area contributed by atoms with Crippen molar-refractivity contribution in [1.29, 1.82) is 0 Å². The van der Waals surface area contributed by atoms with E-state index in [0.29, 0.717) is 0 Å². The molecule has 0 unspecified atom stereocenters. The van der Waals surface area contributed by atoms with Gasteiger partial charge in [0.05, 0.1) is 13.2 Å². The van der Waals surface area contributed by atoms with Crippen LogP contribution >= 0.6 is 0 Å². The molecule has 0 spiro atoms. The molecule has 0 amide bonds. The summed E-state index contributed by atoms with van der Waals surface area (Å²) in [5.41, 5.74) is 2.55. The maximum Gasteiger partial charge on any atom is 0.169 e. The van der Waals surface area contributed by atoms with Crippen LogP contribution in [0.15, 0.2) is 49.1 Å². The first kappa shape index (κ1) is 43.2. The largest absolute Gasteiger partial charge is 1.00 e. The van der Waals surface area contributed by atoms with Gasteiger partial charge in [0.1, 0.15) is 13.1 Å². The molecule has 0 radical (unpaired) electrons. The van der Waals surface area contributed by atoms with E-state index in [1.54, 1.807) is 0 Å². The van der Waals surface area contributed by atoms with Crippen LogP contribution in [0, 0.1) is 0 Å². The fraction of sp³-hybridized carbons (Fsp3) is 0.737. The molecule has 0 aromatic carbocycles. The Hall–Kier alpha value is -0.820. The highest BCUT2D eigenvalue weighted by atomic mass is 79.9. The lowest BCUT2D eigenvalue weighted by Crippen LogP contribution is -3.00. The highest BCUT2D eigenvalue weighted by Gasteiger charge is 2.03. The van der Waals surface area contributed by atoms with Gasteiger partial charge in [0.2, 0.25) is 0 Å². The highest BCUT2D eigenvalue weighted by molar-refractivity contribution is 5.06. The van der Waals surface area contributed by atoms with Gasteiger partial charge >= 0.3 is 0 Å². The number of aromatic nitrogens is 2. The predicted molar refractivity (Wildman–Crippen MR) is 176 cm³/mol. The summed E-state index contributed by atoms with van der Waals surface area (Å²) >= 11 is 0. The van der Waals surface area contributed by atoms with Crippen LogP contribution < -0.4 is 43.1 Å². The number of pyridine rings is 2. The lowest BCUT2D eigenvalue weighted by atomic mass is 10.1. The van der Waals surface area contributed by atoms with Crippen molar-refractivity contribution in [2.24, 2.45) is 0 Å². The number of unbranched alkanes of at least 4 members (excludes halogenated alkanes) is 17. The predicted octanol–water partition coefficient (Wildman–Crippen LogP) is 3.84.